The van der Waals surface area contributed by atoms with Gasteiger partial charge in [-0.3, -0.25) is 4.79 Å². The molecule has 0 aliphatic heterocycles. The van der Waals surface area contributed by atoms with Crippen molar-refractivity contribution in [3.05, 3.63) is 46.8 Å². The summed E-state index contributed by atoms with van der Waals surface area (Å²) in [7, 11) is 0. The summed E-state index contributed by atoms with van der Waals surface area (Å²) in [6.07, 6.45) is 3.05. The third-order valence-corrected chi connectivity index (χ3v) is 2.72. The zero-order valence-corrected chi connectivity index (χ0v) is 11.6. The Kier molecular flexibility index (Phi) is 3.48. The minimum atomic E-state index is -0.602. The average molecular weight is 277 g/mol. The minimum Gasteiger partial charge on any atom is -0.435 e. The van der Waals surface area contributed by atoms with Crippen molar-refractivity contribution in [1.82, 2.24) is 9.55 Å². The molecule has 0 saturated heterocycles. The first-order valence-electron chi connectivity index (χ1n) is 6.10. The summed E-state index contributed by atoms with van der Waals surface area (Å²) in [4.78, 5) is 16.1. The van der Waals surface area contributed by atoms with Crippen LogP contribution in [0.2, 0.25) is 0 Å². The van der Waals surface area contributed by atoms with E-state index in [1.54, 1.807) is 6.20 Å². The van der Waals surface area contributed by atoms with Gasteiger partial charge >= 0.3 is 5.56 Å². The van der Waals surface area contributed by atoms with Crippen molar-refractivity contribution in [1.29, 1.82) is 0 Å². The molecule has 5 nitrogen and oxygen atoms in total. The van der Waals surface area contributed by atoms with Gasteiger partial charge in [0.2, 0.25) is 0 Å². The second-order valence-corrected chi connectivity index (χ2v) is 5.36. The second-order valence-electron chi connectivity index (χ2n) is 5.36. The van der Waals surface area contributed by atoms with E-state index < -0.39 is 11.4 Å². The molecular weight excluding hydrogens is 261 g/mol. The van der Waals surface area contributed by atoms with Crippen LogP contribution in [0.3, 0.4) is 0 Å². The van der Waals surface area contributed by atoms with E-state index in [0.717, 1.165) is 6.07 Å². The molecule has 0 fully saturated rings. The molecule has 0 bridgehead atoms. The van der Waals surface area contributed by atoms with Crippen LogP contribution in [0, 0.1) is 5.82 Å². The molecule has 1 aromatic heterocycles. The van der Waals surface area contributed by atoms with Crippen LogP contribution in [0.25, 0.3) is 0 Å². The Balaban J connectivity index is 2.40. The van der Waals surface area contributed by atoms with Gasteiger partial charge in [-0.25, -0.2) is 9.37 Å². The number of anilines is 1. The van der Waals surface area contributed by atoms with Crippen LogP contribution in [0.15, 0.2) is 35.4 Å². The first kappa shape index (κ1) is 14.0. The number of aromatic nitrogens is 2. The first-order valence-corrected chi connectivity index (χ1v) is 6.10. The average Bonchev–Trinajstić information content (AvgIpc) is 2.35. The highest BCUT2D eigenvalue weighted by atomic mass is 19.1. The molecule has 2 N–H and O–H groups in total. The molecule has 1 aromatic carbocycles. The van der Waals surface area contributed by atoms with E-state index in [2.05, 4.69) is 4.98 Å². The third-order valence-electron chi connectivity index (χ3n) is 2.72. The Bertz CT molecular complexity index is 690. The van der Waals surface area contributed by atoms with Gasteiger partial charge in [-0.2, -0.15) is 0 Å². The highest BCUT2D eigenvalue weighted by Gasteiger charge is 2.17. The van der Waals surface area contributed by atoms with Crippen molar-refractivity contribution < 1.29 is 9.13 Å². The van der Waals surface area contributed by atoms with Crippen molar-refractivity contribution in [3.8, 4) is 11.6 Å². The maximum Gasteiger partial charge on any atom is 0.314 e. The van der Waals surface area contributed by atoms with E-state index in [4.69, 9.17) is 10.5 Å². The molecule has 0 amide bonds. The Morgan fingerprint density at radius 2 is 2.05 bits per heavy atom. The third kappa shape index (κ3) is 2.79. The molecule has 0 radical (unpaired) electrons. The number of benzene rings is 1. The lowest BCUT2D eigenvalue weighted by atomic mass is 10.1. The van der Waals surface area contributed by atoms with Crippen LogP contribution >= 0.6 is 0 Å². The number of hydrogen-bond acceptors (Lipinski definition) is 4. The fraction of sp³-hybridized carbons (Fsp3) is 0.286. The molecule has 6 heteroatoms. The molecule has 20 heavy (non-hydrogen) atoms. The lowest BCUT2D eigenvalue weighted by Crippen LogP contribution is -2.34. The van der Waals surface area contributed by atoms with Gasteiger partial charge in [0.15, 0.2) is 0 Å². The molecular formula is C14H16FN3O2. The van der Waals surface area contributed by atoms with E-state index in [9.17, 15) is 9.18 Å². The number of hydrogen-bond donors (Lipinski definition) is 1. The Morgan fingerprint density at radius 3 is 2.65 bits per heavy atom. The highest BCUT2D eigenvalue weighted by Crippen LogP contribution is 2.21. The van der Waals surface area contributed by atoms with E-state index in [-0.39, 0.29) is 22.9 Å². The molecule has 106 valence electrons. The van der Waals surface area contributed by atoms with Crippen LogP contribution in [0.1, 0.15) is 20.8 Å². The van der Waals surface area contributed by atoms with Crippen LogP contribution < -0.4 is 16.0 Å². The number of nitrogens with two attached hydrogens (primary N) is 1. The van der Waals surface area contributed by atoms with Gasteiger partial charge in [-0.1, -0.05) is 0 Å². The standard InChI is InChI=1S/C14H16FN3O2/c1-14(2,3)18-7-6-17-12(13(18)19)20-9-4-5-11(16)10(15)8-9/h4-8H,16H2,1-3H3. The van der Waals surface area contributed by atoms with Gasteiger partial charge in [0.1, 0.15) is 11.6 Å². The van der Waals surface area contributed by atoms with Crippen molar-refractivity contribution in [3.63, 3.8) is 0 Å². The number of nitrogens with zero attached hydrogens (tertiary/aromatic N) is 2. The lowest BCUT2D eigenvalue weighted by Gasteiger charge is -2.22. The van der Waals surface area contributed by atoms with E-state index in [1.807, 2.05) is 20.8 Å². The molecule has 1 heterocycles. The van der Waals surface area contributed by atoms with Gasteiger partial charge in [-0.05, 0) is 32.9 Å². The second kappa shape index (κ2) is 4.96. The lowest BCUT2D eigenvalue weighted by molar-refractivity contribution is 0.362. The van der Waals surface area contributed by atoms with E-state index >= 15 is 0 Å². The molecule has 0 atom stereocenters. The van der Waals surface area contributed by atoms with Crippen molar-refractivity contribution in [2.75, 3.05) is 5.73 Å². The summed E-state index contributed by atoms with van der Waals surface area (Å²) in [5, 5.41) is 0. The van der Waals surface area contributed by atoms with Gasteiger partial charge in [-0.15, -0.1) is 0 Å². The van der Waals surface area contributed by atoms with Crippen LogP contribution in [-0.2, 0) is 5.54 Å². The van der Waals surface area contributed by atoms with Crippen LogP contribution in [-0.4, -0.2) is 9.55 Å². The summed E-state index contributed by atoms with van der Waals surface area (Å²) < 4.78 is 20.2. The van der Waals surface area contributed by atoms with E-state index in [0.29, 0.717) is 0 Å². The highest BCUT2D eigenvalue weighted by molar-refractivity contribution is 5.44. The van der Waals surface area contributed by atoms with Gasteiger partial charge < -0.3 is 15.0 Å². The minimum absolute atomic E-state index is 0.0190. The number of ether oxygens (including phenoxy) is 1. The van der Waals surface area contributed by atoms with Crippen molar-refractivity contribution in [2.24, 2.45) is 0 Å². The van der Waals surface area contributed by atoms with Gasteiger partial charge in [0.25, 0.3) is 5.88 Å². The molecule has 0 unspecified atom stereocenters. The maximum absolute atomic E-state index is 13.3. The molecule has 0 aliphatic carbocycles. The Hall–Kier alpha value is -2.37. The zero-order chi connectivity index (χ0) is 14.9. The normalized spacial score (nSPS) is 11.4. The summed E-state index contributed by atoms with van der Waals surface area (Å²) >= 11 is 0. The maximum atomic E-state index is 13.3. The molecule has 2 rings (SSSR count). The predicted molar refractivity (Wildman–Crippen MR) is 74.4 cm³/mol. The first-order chi connectivity index (χ1) is 9.29. The van der Waals surface area contributed by atoms with Crippen LogP contribution in [0.5, 0.6) is 11.6 Å². The molecule has 0 saturated carbocycles. The zero-order valence-electron chi connectivity index (χ0n) is 11.6. The van der Waals surface area contributed by atoms with Gasteiger partial charge in [0, 0.05) is 24.0 Å². The molecule has 2 aromatic rings. The summed E-state index contributed by atoms with van der Waals surface area (Å²) in [6, 6.07) is 3.97. The largest absolute Gasteiger partial charge is 0.435 e. The van der Waals surface area contributed by atoms with Gasteiger partial charge in [0.05, 0.1) is 5.69 Å². The molecule has 0 spiro atoms. The summed E-state index contributed by atoms with van der Waals surface area (Å²) in [6.45, 7) is 5.67. The fourth-order valence-electron chi connectivity index (χ4n) is 1.67. The Labute approximate surface area is 115 Å². The summed E-state index contributed by atoms with van der Waals surface area (Å²) in [5.74, 6) is -0.533. The summed E-state index contributed by atoms with van der Waals surface area (Å²) in [5.41, 5.74) is 4.62. The Morgan fingerprint density at radius 1 is 1.35 bits per heavy atom. The topological polar surface area (TPSA) is 70.1 Å². The monoisotopic (exact) mass is 277 g/mol. The SMILES string of the molecule is CC(C)(C)n1ccnc(Oc2ccc(N)c(F)c2)c1=O. The van der Waals surface area contributed by atoms with Crippen LogP contribution in [0.4, 0.5) is 10.1 Å². The fourth-order valence-corrected chi connectivity index (χ4v) is 1.67. The number of rotatable bonds is 2. The number of halogens is 1. The van der Waals surface area contributed by atoms with Crippen molar-refractivity contribution in [2.45, 2.75) is 26.3 Å². The van der Waals surface area contributed by atoms with Crippen molar-refractivity contribution >= 4 is 5.69 Å². The smallest absolute Gasteiger partial charge is 0.314 e. The predicted octanol–water partition coefficient (Wildman–Crippen LogP) is 2.51. The quantitative estimate of drug-likeness (QED) is 0.856. The van der Waals surface area contributed by atoms with E-state index in [1.165, 1.54) is 22.9 Å². The molecule has 0 aliphatic rings. The number of nitrogen functional groups attached to an aromatic ring is 1.